The number of nitrogens with zero attached hydrogens (tertiary/aromatic N) is 1. The number of halogens is 1. The number of hydrogen-bond donors (Lipinski definition) is 2. The van der Waals surface area contributed by atoms with E-state index in [1.807, 2.05) is 30.3 Å². The van der Waals surface area contributed by atoms with Crippen molar-refractivity contribution in [3.8, 4) is 5.75 Å². The molecule has 0 aliphatic rings. The van der Waals surface area contributed by atoms with Gasteiger partial charge >= 0.3 is 0 Å². The zero-order valence-electron chi connectivity index (χ0n) is 13.3. The van der Waals surface area contributed by atoms with Crippen molar-refractivity contribution in [3.05, 3.63) is 66.0 Å². The van der Waals surface area contributed by atoms with Gasteiger partial charge in [0.2, 0.25) is 0 Å². The molecule has 0 atom stereocenters. The summed E-state index contributed by atoms with van der Waals surface area (Å²) in [5, 5.41) is 6.41. The molecule has 0 fully saturated rings. The Kier molecular flexibility index (Phi) is 6.91. The fourth-order valence-corrected chi connectivity index (χ4v) is 1.99. The van der Waals surface area contributed by atoms with Gasteiger partial charge in [0.1, 0.15) is 11.6 Å². The van der Waals surface area contributed by atoms with E-state index in [9.17, 15) is 4.39 Å². The zero-order chi connectivity index (χ0) is 16.3. The molecule has 2 rings (SSSR count). The minimum Gasteiger partial charge on any atom is -0.494 e. The third-order valence-electron chi connectivity index (χ3n) is 3.22. The maximum atomic E-state index is 12.8. The van der Waals surface area contributed by atoms with Crippen LogP contribution in [0.25, 0.3) is 0 Å². The molecular weight excluding hydrogens is 293 g/mol. The van der Waals surface area contributed by atoms with Crippen LogP contribution in [0.4, 0.5) is 4.39 Å². The minimum absolute atomic E-state index is 0.227. The molecule has 0 heterocycles. The second kappa shape index (κ2) is 9.46. The smallest absolute Gasteiger partial charge is 0.191 e. The van der Waals surface area contributed by atoms with Gasteiger partial charge in [0, 0.05) is 20.1 Å². The van der Waals surface area contributed by atoms with E-state index in [4.69, 9.17) is 4.74 Å². The quantitative estimate of drug-likeness (QED) is 0.469. The molecule has 0 unspecified atom stereocenters. The van der Waals surface area contributed by atoms with E-state index < -0.39 is 0 Å². The van der Waals surface area contributed by atoms with Crippen LogP contribution in [0.15, 0.2) is 59.6 Å². The topological polar surface area (TPSA) is 45.7 Å². The largest absolute Gasteiger partial charge is 0.494 e. The Labute approximate surface area is 136 Å². The molecule has 0 aliphatic heterocycles. The van der Waals surface area contributed by atoms with Crippen molar-refractivity contribution in [3.63, 3.8) is 0 Å². The first kappa shape index (κ1) is 16.8. The van der Waals surface area contributed by atoms with Gasteiger partial charge < -0.3 is 15.4 Å². The number of hydrogen-bond acceptors (Lipinski definition) is 2. The van der Waals surface area contributed by atoms with Crippen LogP contribution in [-0.4, -0.2) is 26.2 Å². The van der Waals surface area contributed by atoms with Gasteiger partial charge in [-0.25, -0.2) is 4.39 Å². The van der Waals surface area contributed by atoms with Crippen molar-refractivity contribution >= 4 is 5.96 Å². The maximum absolute atomic E-state index is 12.8. The molecule has 2 aromatic rings. The standard InChI is InChI=1S/C18H22FN3O/c1-20-18(22-14-15-8-10-16(19)11-9-15)21-12-5-13-23-17-6-3-2-4-7-17/h2-4,6-11H,5,12-14H2,1H3,(H2,20,21,22). The number of guanidine groups is 1. The van der Waals surface area contributed by atoms with Gasteiger partial charge in [-0.1, -0.05) is 30.3 Å². The van der Waals surface area contributed by atoms with Gasteiger partial charge in [-0.05, 0) is 36.2 Å². The minimum atomic E-state index is -0.227. The van der Waals surface area contributed by atoms with Crippen LogP contribution in [0.2, 0.25) is 0 Å². The Balaban J connectivity index is 1.62. The van der Waals surface area contributed by atoms with Crippen LogP contribution in [0.3, 0.4) is 0 Å². The summed E-state index contributed by atoms with van der Waals surface area (Å²) in [6.07, 6.45) is 0.867. The molecule has 0 saturated heterocycles. The highest BCUT2D eigenvalue weighted by Crippen LogP contribution is 2.08. The van der Waals surface area contributed by atoms with Crippen LogP contribution in [0.1, 0.15) is 12.0 Å². The fourth-order valence-electron chi connectivity index (χ4n) is 1.99. The van der Waals surface area contributed by atoms with Gasteiger partial charge in [0.05, 0.1) is 6.61 Å². The molecule has 0 radical (unpaired) electrons. The third kappa shape index (κ3) is 6.38. The van der Waals surface area contributed by atoms with Crippen molar-refractivity contribution < 1.29 is 9.13 Å². The number of aliphatic imine (C=N–C) groups is 1. The fraction of sp³-hybridized carbons (Fsp3) is 0.278. The van der Waals surface area contributed by atoms with Crippen LogP contribution in [0, 0.1) is 5.82 Å². The highest BCUT2D eigenvalue weighted by atomic mass is 19.1. The van der Waals surface area contributed by atoms with Crippen molar-refractivity contribution in [2.24, 2.45) is 4.99 Å². The van der Waals surface area contributed by atoms with E-state index >= 15 is 0 Å². The van der Waals surface area contributed by atoms with Gasteiger partial charge in [-0.15, -0.1) is 0 Å². The zero-order valence-corrected chi connectivity index (χ0v) is 13.3. The molecule has 0 aliphatic carbocycles. The first-order valence-corrected chi connectivity index (χ1v) is 7.65. The summed E-state index contributed by atoms with van der Waals surface area (Å²) < 4.78 is 18.5. The summed E-state index contributed by atoms with van der Waals surface area (Å²) >= 11 is 0. The average molecular weight is 315 g/mol. The first-order chi connectivity index (χ1) is 11.3. The lowest BCUT2D eigenvalue weighted by Gasteiger charge is -2.12. The molecule has 5 heteroatoms. The lowest BCUT2D eigenvalue weighted by atomic mass is 10.2. The highest BCUT2D eigenvalue weighted by Gasteiger charge is 1.99. The number of para-hydroxylation sites is 1. The third-order valence-corrected chi connectivity index (χ3v) is 3.22. The molecule has 0 aromatic heterocycles. The predicted octanol–water partition coefficient (Wildman–Crippen LogP) is 2.96. The van der Waals surface area contributed by atoms with E-state index in [-0.39, 0.29) is 5.82 Å². The van der Waals surface area contributed by atoms with E-state index in [0.29, 0.717) is 19.1 Å². The number of benzene rings is 2. The summed E-state index contributed by atoms with van der Waals surface area (Å²) in [5.41, 5.74) is 1.00. The second-order valence-corrected chi connectivity index (χ2v) is 4.99. The van der Waals surface area contributed by atoms with Gasteiger partial charge in [0.15, 0.2) is 5.96 Å². The van der Waals surface area contributed by atoms with Crippen molar-refractivity contribution in [2.75, 3.05) is 20.2 Å². The molecule has 23 heavy (non-hydrogen) atoms. The van der Waals surface area contributed by atoms with Gasteiger partial charge in [-0.2, -0.15) is 0 Å². The summed E-state index contributed by atoms with van der Waals surface area (Å²) in [6.45, 7) is 2.00. The van der Waals surface area contributed by atoms with Gasteiger partial charge in [-0.3, -0.25) is 4.99 Å². The van der Waals surface area contributed by atoms with Crippen LogP contribution in [-0.2, 0) is 6.54 Å². The normalized spacial score (nSPS) is 11.1. The Morgan fingerprint density at radius 1 is 1.04 bits per heavy atom. The van der Waals surface area contributed by atoms with Gasteiger partial charge in [0.25, 0.3) is 0 Å². The number of ether oxygens (including phenoxy) is 1. The summed E-state index contributed by atoms with van der Waals surface area (Å²) in [7, 11) is 1.72. The van der Waals surface area contributed by atoms with Crippen molar-refractivity contribution in [1.29, 1.82) is 0 Å². The van der Waals surface area contributed by atoms with Crippen LogP contribution < -0.4 is 15.4 Å². The molecule has 122 valence electrons. The molecule has 2 aromatic carbocycles. The van der Waals surface area contributed by atoms with E-state index in [1.54, 1.807) is 19.2 Å². The van der Waals surface area contributed by atoms with Crippen molar-refractivity contribution in [2.45, 2.75) is 13.0 Å². The summed E-state index contributed by atoms with van der Waals surface area (Å²) in [4.78, 5) is 4.16. The second-order valence-electron chi connectivity index (χ2n) is 4.99. The van der Waals surface area contributed by atoms with E-state index in [2.05, 4.69) is 15.6 Å². The number of nitrogens with one attached hydrogen (secondary N) is 2. The molecule has 0 amide bonds. The SMILES string of the molecule is CN=C(NCCCOc1ccccc1)NCc1ccc(F)cc1. The van der Waals surface area contributed by atoms with E-state index in [1.165, 1.54) is 12.1 Å². The monoisotopic (exact) mass is 315 g/mol. The van der Waals surface area contributed by atoms with E-state index in [0.717, 1.165) is 24.3 Å². The maximum Gasteiger partial charge on any atom is 0.191 e. The summed E-state index contributed by atoms with van der Waals surface area (Å²) in [6, 6.07) is 16.2. The molecular formula is C18H22FN3O. The Morgan fingerprint density at radius 3 is 2.48 bits per heavy atom. The molecule has 2 N–H and O–H groups in total. The van der Waals surface area contributed by atoms with Crippen LogP contribution in [0.5, 0.6) is 5.75 Å². The lowest BCUT2D eigenvalue weighted by molar-refractivity contribution is 0.311. The lowest BCUT2D eigenvalue weighted by Crippen LogP contribution is -2.37. The Hall–Kier alpha value is -2.56. The molecule has 0 saturated carbocycles. The summed E-state index contributed by atoms with van der Waals surface area (Å²) in [5.74, 6) is 1.37. The van der Waals surface area contributed by atoms with Crippen molar-refractivity contribution in [1.82, 2.24) is 10.6 Å². The van der Waals surface area contributed by atoms with Crippen LogP contribution >= 0.6 is 0 Å². The predicted molar refractivity (Wildman–Crippen MR) is 91.2 cm³/mol. The molecule has 4 nitrogen and oxygen atoms in total. The molecule has 0 bridgehead atoms. The molecule has 0 spiro atoms. The number of rotatable bonds is 7. The Morgan fingerprint density at radius 2 is 1.78 bits per heavy atom. The average Bonchev–Trinajstić information content (AvgIpc) is 2.59. The highest BCUT2D eigenvalue weighted by molar-refractivity contribution is 5.79. The Bertz CT molecular complexity index is 599. The first-order valence-electron chi connectivity index (χ1n) is 7.65.